The van der Waals surface area contributed by atoms with Gasteiger partial charge in [-0.25, -0.2) is 13.2 Å². The van der Waals surface area contributed by atoms with Crippen LogP contribution in [-0.4, -0.2) is 4.98 Å². The van der Waals surface area contributed by atoms with Gasteiger partial charge in [-0.05, 0) is 5.56 Å². The van der Waals surface area contributed by atoms with Crippen molar-refractivity contribution >= 4 is 15.9 Å². The zero-order chi connectivity index (χ0) is 9.14. The highest BCUT2D eigenvalue weighted by Crippen LogP contribution is 2.26. The molecule has 0 bridgehead atoms. The average Bonchev–Trinajstić information content (AvgIpc) is 2.03. The van der Waals surface area contributed by atoms with Crippen LogP contribution < -0.4 is 0 Å². The van der Waals surface area contributed by atoms with Gasteiger partial charge < -0.3 is 0 Å². The number of alkyl halides is 3. The van der Waals surface area contributed by atoms with Gasteiger partial charge in [-0.3, -0.25) is 4.98 Å². The zero-order valence-electron chi connectivity index (χ0n) is 5.90. The molecule has 0 aliphatic carbocycles. The third-order valence-electron chi connectivity index (χ3n) is 1.38. The van der Waals surface area contributed by atoms with Crippen LogP contribution in [0.5, 0.6) is 0 Å². The smallest absolute Gasteiger partial charge is 0.261 e. The Morgan fingerprint density at radius 3 is 2.50 bits per heavy atom. The predicted molar refractivity (Wildman–Crippen MR) is 41.8 cm³/mol. The van der Waals surface area contributed by atoms with Crippen LogP contribution in [0.1, 0.15) is 17.6 Å². The lowest BCUT2D eigenvalue weighted by atomic mass is 10.1. The lowest BCUT2D eigenvalue weighted by molar-refractivity contribution is 0.145. The molecule has 0 aromatic carbocycles. The molecule has 0 unspecified atom stereocenters. The van der Waals surface area contributed by atoms with Gasteiger partial charge in [0.1, 0.15) is 0 Å². The first-order valence-electron chi connectivity index (χ1n) is 3.13. The van der Waals surface area contributed by atoms with Crippen molar-refractivity contribution in [1.82, 2.24) is 4.98 Å². The topological polar surface area (TPSA) is 12.9 Å². The third-order valence-corrected chi connectivity index (χ3v) is 1.99. The van der Waals surface area contributed by atoms with E-state index in [1.807, 2.05) is 0 Å². The highest BCUT2D eigenvalue weighted by atomic mass is 79.9. The van der Waals surface area contributed by atoms with Crippen molar-refractivity contribution in [2.24, 2.45) is 0 Å². The summed E-state index contributed by atoms with van der Waals surface area (Å²) in [5, 5.41) is 0.178. The van der Waals surface area contributed by atoms with Crippen LogP contribution >= 0.6 is 15.9 Å². The van der Waals surface area contributed by atoms with Crippen LogP contribution in [0, 0.1) is 5.82 Å². The van der Waals surface area contributed by atoms with E-state index in [1.54, 1.807) is 0 Å². The van der Waals surface area contributed by atoms with Crippen molar-refractivity contribution in [3.05, 3.63) is 29.3 Å². The molecule has 1 rings (SSSR count). The summed E-state index contributed by atoms with van der Waals surface area (Å²) in [4.78, 5) is 3.46. The number of halogens is 4. The lowest BCUT2D eigenvalue weighted by Crippen LogP contribution is -1.97. The van der Waals surface area contributed by atoms with Gasteiger partial charge in [0.25, 0.3) is 6.43 Å². The largest absolute Gasteiger partial charge is 0.267 e. The second-order valence-electron chi connectivity index (χ2n) is 2.13. The molecule has 0 saturated heterocycles. The van der Waals surface area contributed by atoms with Crippen molar-refractivity contribution in [2.75, 3.05) is 0 Å². The van der Waals surface area contributed by atoms with Gasteiger partial charge >= 0.3 is 0 Å². The normalized spacial score (nSPS) is 10.8. The van der Waals surface area contributed by atoms with Crippen LogP contribution in [0.2, 0.25) is 0 Å². The SMILES string of the molecule is Fc1cncc(CBr)c1C(F)F. The molecule has 0 radical (unpaired) electrons. The molecule has 0 fully saturated rings. The second-order valence-corrected chi connectivity index (χ2v) is 2.69. The Kier molecular flexibility index (Phi) is 3.08. The summed E-state index contributed by atoms with van der Waals surface area (Å²) >= 11 is 2.97. The van der Waals surface area contributed by atoms with Gasteiger partial charge in [0.15, 0.2) is 5.82 Å². The van der Waals surface area contributed by atoms with Crippen LogP contribution in [0.4, 0.5) is 13.2 Å². The molecule has 0 aliphatic heterocycles. The Balaban J connectivity index is 3.20. The van der Waals surface area contributed by atoms with E-state index in [1.165, 1.54) is 6.20 Å². The van der Waals surface area contributed by atoms with Gasteiger partial charge in [0.05, 0.1) is 11.8 Å². The Bertz CT molecular complexity index is 277. The fourth-order valence-corrected chi connectivity index (χ4v) is 1.28. The highest BCUT2D eigenvalue weighted by molar-refractivity contribution is 9.08. The van der Waals surface area contributed by atoms with E-state index in [0.717, 1.165) is 6.20 Å². The predicted octanol–water partition coefficient (Wildman–Crippen LogP) is 3.05. The number of nitrogens with zero attached hydrogens (tertiary/aromatic N) is 1. The summed E-state index contributed by atoms with van der Waals surface area (Å²) in [6.07, 6.45) is -0.784. The summed E-state index contributed by atoms with van der Waals surface area (Å²) in [6.45, 7) is 0. The Morgan fingerprint density at radius 1 is 1.42 bits per heavy atom. The van der Waals surface area contributed by atoms with Gasteiger partial charge in [-0.2, -0.15) is 0 Å². The van der Waals surface area contributed by atoms with Crippen molar-refractivity contribution in [3.8, 4) is 0 Å². The molecule has 5 heteroatoms. The standard InChI is InChI=1S/C7H5BrF3N/c8-1-4-2-12-3-5(9)6(4)7(10)11/h2-3,7H,1H2. The van der Waals surface area contributed by atoms with Crippen LogP contribution in [0.15, 0.2) is 12.4 Å². The first kappa shape index (κ1) is 9.51. The number of pyridine rings is 1. The molecular weight excluding hydrogens is 235 g/mol. The van der Waals surface area contributed by atoms with E-state index in [0.29, 0.717) is 0 Å². The van der Waals surface area contributed by atoms with Gasteiger partial charge in [0.2, 0.25) is 0 Å². The zero-order valence-corrected chi connectivity index (χ0v) is 7.48. The van der Waals surface area contributed by atoms with E-state index in [4.69, 9.17) is 0 Å². The summed E-state index contributed by atoms with van der Waals surface area (Å²) < 4.78 is 37.1. The van der Waals surface area contributed by atoms with Crippen molar-refractivity contribution in [3.63, 3.8) is 0 Å². The van der Waals surface area contributed by atoms with Crippen molar-refractivity contribution in [2.45, 2.75) is 11.8 Å². The molecule has 1 heterocycles. The molecule has 0 spiro atoms. The molecule has 1 aromatic rings. The third kappa shape index (κ3) is 1.77. The summed E-state index contributed by atoms with van der Waals surface area (Å²) in [5.74, 6) is -0.957. The van der Waals surface area contributed by atoms with Gasteiger partial charge in [-0.15, -0.1) is 0 Å². The maximum Gasteiger partial charge on any atom is 0.267 e. The molecule has 1 nitrogen and oxygen atoms in total. The van der Waals surface area contributed by atoms with Crippen LogP contribution in [0.25, 0.3) is 0 Å². The maximum atomic E-state index is 12.7. The molecule has 1 aromatic heterocycles. The number of hydrogen-bond acceptors (Lipinski definition) is 1. The Morgan fingerprint density at radius 2 is 2.08 bits per heavy atom. The average molecular weight is 240 g/mol. The Hall–Kier alpha value is -0.580. The minimum Gasteiger partial charge on any atom is -0.261 e. The number of aromatic nitrogens is 1. The van der Waals surface area contributed by atoms with Crippen molar-refractivity contribution < 1.29 is 13.2 Å². The summed E-state index contributed by atoms with van der Waals surface area (Å²) in [7, 11) is 0. The minimum atomic E-state index is -2.79. The monoisotopic (exact) mass is 239 g/mol. The summed E-state index contributed by atoms with van der Waals surface area (Å²) in [6, 6.07) is 0. The molecule has 12 heavy (non-hydrogen) atoms. The van der Waals surface area contributed by atoms with Gasteiger partial charge in [-0.1, -0.05) is 15.9 Å². The van der Waals surface area contributed by atoms with E-state index in [-0.39, 0.29) is 10.9 Å². The fourth-order valence-electron chi connectivity index (χ4n) is 0.836. The van der Waals surface area contributed by atoms with E-state index in [9.17, 15) is 13.2 Å². The van der Waals surface area contributed by atoms with Crippen LogP contribution in [-0.2, 0) is 5.33 Å². The number of rotatable bonds is 2. The van der Waals surface area contributed by atoms with E-state index >= 15 is 0 Å². The second kappa shape index (κ2) is 3.89. The first-order chi connectivity index (χ1) is 5.66. The van der Waals surface area contributed by atoms with Crippen LogP contribution in [0.3, 0.4) is 0 Å². The fraction of sp³-hybridized carbons (Fsp3) is 0.286. The molecule has 66 valence electrons. The molecule has 0 saturated carbocycles. The quantitative estimate of drug-likeness (QED) is 0.724. The molecular formula is C7H5BrF3N. The molecule has 0 N–H and O–H groups in total. The molecule has 0 amide bonds. The van der Waals surface area contributed by atoms with Crippen molar-refractivity contribution in [1.29, 1.82) is 0 Å². The summed E-state index contributed by atoms with van der Waals surface area (Å²) in [5.41, 5.74) is -0.383. The first-order valence-corrected chi connectivity index (χ1v) is 4.25. The van der Waals surface area contributed by atoms with E-state index in [2.05, 4.69) is 20.9 Å². The maximum absolute atomic E-state index is 12.7. The number of hydrogen-bond donors (Lipinski definition) is 0. The molecule has 0 aliphatic rings. The Labute approximate surface area is 75.7 Å². The highest BCUT2D eigenvalue weighted by Gasteiger charge is 2.17. The lowest BCUT2D eigenvalue weighted by Gasteiger charge is -2.05. The van der Waals surface area contributed by atoms with E-state index < -0.39 is 17.8 Å². The molecule has 0 atom stereocenters. The minimum absolute atomic E-state index is 0.178. The van der Waals surface area contributed by atoms with Gasteiger partial charge in [0, 0.05) is 11.5 Å².